The summed E-state index contributed by atoms with van der Waals surface area (Å²) in [6.45, 7) is 1.22. The number of aliphatic hydroxyl groups is 1. The Hall–Kier alpha value is -1.96. The number of hydrogen-bond donors (Lipinski definition) is 1. The van der Waals surface area contributed by atoms with Crippen LogP contribution in [0.15, 0.2) is 53.0 Å². The molecule has 7 heteroatoms. The topological polar surface area (TPSA) is 75.8 Å². The summed E-state index contributed by atoms with van der Waals surface area (Å²) in [4.78, 5) is 12.2. The van der Waals surface area contributed by atoms with E-state index in [4.69, 9.17) is 4.74 Å². The van der Waals surface area contributed by atoms with E-state index in [2.05, 4.69) is 15.9 Å². The van der Waals surface area contributed by atoms with Gasteiger partial charge in [-0.15, -0.1) is 0 Å². The number of non-ortho nitro benzene ring substituents is 1. The normalized spacial score (nSPS) is 12.2. The highest BCUT2D eigenvalue weighted by Gasteiger charge is 2.11. The van der Waals surface area contributed by atoms with Crippen LogP contribution >= 0.6 is 15.9 Å². The van der Waals surface area contributed by atoms with Crippen molar-refractivity contribution >= 4 is 21.6 Å². The lowest BCUT2D eigenvalue weighted by Crippen LogP contribution is -2.32. The Morgan fingerprint density at radius 3 is 2.67 bits per heavy atom. The molecule has 0 saturated carbocycles. The first-order valence-electron chi connectivity index (χ1n) is 7.42. The van der Waals surface area contributed by atoms with Crippen LogP contribution in [-0.2, 0) is 6.54 Å². The van der Waals surface area contributed by atoms with E-state index in [1.165, 1.54) is 12.1 Å². The first-order valence-corrected chi connectivity index (χ1v) is 8.21. The average molecular weight is 395 g/mol. The summed E-state index contributed by atoms with van der Waals surface area (Å²) in [6, 6.07) is 13.9. The van der Waals surface area contributed by atoms with Gasteiger partial charge in [0, 0.05) is 23.6 Å². The van der Waals surface area contributed by atoms with Crippen LogP contribution in [0.2, 0.25) is 0 Å². The molecule has 0 saturated heterocycles. The second-order valence-electron chi connectivity index (χ2n) is 5.54. The molecule has 0 bridgehead atoms. The molecule has 0 aliphatic carbocycles. The summed E-state index contributed by atoms with van der Waals surface area (Å²) in [5.41, 5.74) is 1.11. The fraction of sp³-hybridized carbons (Fsp3) is 0.294. The number of nitro groups is 1. The lowest BCUT2D eigenvalue weighted by Gasteiger charge is -2.21. The van der Waals surface area contributed by atoms with Crippen LogP contribution in [0.1, 0.15) is 5.56 Å². The average Bonchev–Trinajstić information content (AvgIpc) is 2.55. The molecule has 1 atom stereocenters. The number of aliphatic hydroxyl groups excluding tert-OH is 1. The monoisotopic (exact) mass is 394 g/mol. The largest absolute Gasteiger partial charge is 0.491 e. The number of nitro benzene ring substituents is 1. The van der Waals surface area contributed by atoms with Gasteiger partial charge in [-0.25, -0.2) is 0 Å². The van der Waals surface area contributed by atoms with Crippen LogP contribution in [0, 0.1) is 10.1 Å². The minimum atomic E-state index is -0.690. The van der Waals surface area contributed by atoms with Gasteiger partial charge in [-0.1, -0.05) is 34.1 Å². The quantitative estimate of drug-likeness (QED) is 0.549. The summed E-state index contributed by atoms with van der Waals surface area (Å²) in [6.07, 6.45) is -0.690. The van der Waals surface area contributed by atoms with Gasteiger partial charge in [0.1, 0.15) is 18.5 Å². The number of rotatable bonds is 8. The van der Waals surface area contributed by atoms with Crippen molar-refractivity contribution in [1.29, 1.82) is 0 Å². The van der Waals surface area contributed by atoms with Gasteiger partial charge in [-0.2, -0.15) is 0 Å². The van der Waals surface area contributed by atoms with Gasteiger partial charge in [0.25, 0.3) is 5.69 Å². The van der Waals surface area contributed by atoms with Crippen molar-refractivity contribution in [3.63, 3.8) is 0 Å². The number of benzene rings is 2. The molecule has 2 aromatic rings. The van der Waals surface area contributed by atoms with E-state index in [9.17, 15) is 15.2 Å². The third-order valence-electron chi connectivity index (χ3n) is 3.36. The van der Waals surface area contributed by atoms with Gasteiger partial charge >= 0.3 is 0 Å². The number of likely N-dealkylation sites (N-methyl/N-ethyl adjacent to an activating group) is 1. The predicted octanol–water partition coefficient (Wildman–Crippen LogP) is 3.23. The zero-order chi connectivity index (χ0) is 17.5. The lowest BCUT2D eigenvalue weighted by molar-refractivity contribution is -0.384. The standard InChI is InChI=1S/C17H19BrN2O4/c1-19(10-13-5-7-14(18)8-6-13)11-16(21)12-24-17-4-2-3-15(9-17)20(22)23/h2-9,16,21H,10-12H2,1H3. The molecule has 0 fully saturated rings. The molecule has 1 unspecified atom stereocenters. The molecule has 2 aromatic carbocycles. The van der Waals surface area contributed by atoms with Crippen molar-refractivity contribution in [1.82, 2.24) is 4.90 Å². The predicted molar refractivity (Wildman–Crippen MR) is 95.1 cm³/mol. The maximum Gasteiger partial charge on any atom is 0.273 e. The molecule has 0 aliphatic heterocycles. The third kappa shape index (κ3) is 5.92. The van der Waals surface area contributed by atoms with Crippen LogP contribution in [-0.4, -0.2) is 41.2 Å². The SMILES string of the molecule is CN(Cc1ccc(Br)cc1)CC(O)COc1cccc([N+](=O)[O-])c1. The highest BCUT2D eigenvalue weighted by Crippen LogP contribution is 2.19. The van der Waals surface area contributed by atoms with Crippen LogP contribution in [0.25, 0.3) is 0 Å². The summed E-state index contributed by atoms with van der Waals surface area (Å²) in [5, 5.41) is 20.8. The van der Waals surface area contributed by atoms with Gasteiger partial charge in [0.15, 0.2) is 0 Å². The molecule has 128 valence electrons. The van der Waals surface area contributed by atoms with E-state index in [1.54, 1.807) is 12.1 Å². The minimum Gasteiger partial charge on any atom is -0.491 e. The van der Waals surface area contributed by atoms with Gasteiger partial charge in [0.05, 0.1) is 11.0 Å². The Balaban J connectivity index is 1.80. The molecule has 2 rings (SSSR count). The van der Waals surface area contributed by atoms with E-state index >= 15 is 0 Å². The van der Waals surface area contributed by atoms with Gasteiger partial charge < -0.3 is 9.84 Å². The molecular weight excluding hydrogens is 376 g/mol. The van der Waals surface area contributed by atoms with E-state index in [-0.39, 0.29) is 12.3 Å². The fourth-order valence-corrected chi connectivity index (χ4v) is 2.52. The molecule has 0 aromatic heterocycles. The van der Waals surface area contributed by atoms with Gasteiger partial charge in [0.2, 0.25) is 0 Å². The maximum absolute atomic E-state index is 10.7. The highest BCUT2D eigenvalue weighted by molar-refractivity contribution is 9.10. The second kappa shape index (κ2) is 8.77. The zero-order valence-corrected chi connectivity index (χ0v) is 14.8. The smallest absolute Gasteiger partial charge is 0.273 e. The Morgan fingerprint density at radius 2 is 2.00 bits per heavy atom. The van der Waals surface area contributed by atoms with Crippen molar-refractivity contribution in [3.8, 4) is 5.75 Å². The number of hydrogen-bond acceptors (Lipinski definition) is 5. The van der Waals surface area contributed by atoms with E-state index in [1.807, 2.05) is 36.2 Å². The van der Waals surface area contributed by atoms with Crippen molar-refractivity contribution in [2.45, 2.75) is 12.6 Å². The lowest BCUT2D eigenvalue weighted by atomic mass is 10.2. The molecule has 0 spiro atoms. The summed E-state index contributed by atoms with van der Waals surface area (Å²) < 4.78 is 6.47. The first kappa shape index (κ1) is 18.4. The number of nitrogens with zero attached hydrogens (tertiary/aromatic N) is 2. The van der Waals surface area contributed by atoms with Crippen LogP contribution in [0.4, 0.5) is 5.69 Å². The van der Waals surface area contributed by atoms with Gasteiger partial charge in [-0.05, 0) is 30.8 Å². The molecule has 24 heavy (non-hydrogen) atoms. The molecule has 0 radical (unpaired) electrons. The molecular formula is C17H19BrN2O4. The Labute approximate surface area is 149 Å². The van der Waals surface area contributed by atoms with Gasteiger partial charge in [-0.3, -0.25) is 15.0 Å². The Morgan fingerprint density at radius 1 is 1.29 bits per heavy atom. The number of halogens is 1. The maximum atomic E-state index is 10.7. The third-order valence-corrected chi connectivity index (χ3v) is 3.89. The first-order chi connectivity index (χ1) is 11.4. The molecule has 0 aliphatic rings. The highest BCUT2D eigenvalue weighted by atomic mass is 79.9. The van der Waals surface area contributed by atoms with E-state index < -0.39 is 11.0 Å². The zero-order valence-electron chi connectivity index (χ0n) is 13.3. The molecule has 0 amide bonds. The molecule has 6 nitrogen and oxygen atoms in total. The summed E-state index contributed by atoms with van der Waals surface area (Å²) in [7, 11) is 1.92. The summed E-state index contributed by atoms with van der Waals surface area (Å²) in [5.74, 6) is 0.374. The molecule has 0 heterocycles. The van der Waals surface area contributed by atoms with Crippen molar-refractivity contribution in [2.75, 3.05) is 20.2 Å². The van der Waals surface area contributed by atoms with E-state index in [0.717, 1.165) is 10.0 Å². The van der Waals surface area contributed by atoms with Crippen LogP contribution < -0.4 is 4.74 Å². The Kier molecular flexibility index (Phi) is 6.72. The van der Waals surface area contributed by atoms with Crippen molar-refractivity contribution < 1.29 is 14.8 Å². The second-order valence-corrected chi connectivity index (χ2v) is 6.46. The molecule has 1 N–H and O–H groups in total. The number of ether oxygens (including phenoxy) is 1. The van der Waals surface area contributed by atoms with Crippen LogP contribution in [0.3, 0.4) is 0 Å². The summed E-state index contributed by atoms with van der Waals surface area (Å²) >= 11 is 3.40. The van der Waals surface area contributed by atoms with E-state index in [0.29, 0.717) is 18.8 Å². The van der Waals surface area contributed by atoms with Crippen molar-refractivity contribution in [2.24, 2.45) is 0 Å². The fourth-order valence-electron chi connectivity index (χ4n) is 2.26. The minimum absolute atomic E-state index is 0.0330. The van der Waals surface area contributed by atoms with Crippen molar-refractivity contribution in [3.05, 3.63) is 68.7 Å². The Bertz CT molecular complexity index is 679. The van der Waals surface area contributed by atoms with Crippen LogP contribution in [0.5, 0.6) is 5.75 Å².